The third-order valence-electron chi connectivity index (χ3n) is 2.42. The third-order valence-corrected chi connectivity index (χ3v) is 2.42. The predicted octanol–water partition coefficient (Wildman–Crippen LogP) is 0.0891. The first-order valence-electron chi connectivity index (χ1n) is 5.90. The summed E-state index contributed by atoms with van der Waals surface area (Å²) in [5, 5.41) is 8.76. The van der Waals surface area contributed by atoms with Gasteiger partial charge in [-0.2, -0.15) is 0 Å². The van der Waals surface area contributed by atoms with Crippen molar-refractivity contribution in [3.8, 4) is 0 Å². The van der Waals surface area contributed by atoms with Gasteiger partial charge in [0, 0.05) is 27.2 Å². The molecule has 0 saturated heterocycles. The number of hydrogen-bond donors (Lipinski definition) is 1. The van der Waals surface area contributed by atoms with Gasteiger partial charge in [0.05, 0.1) is 0 Å². The van der Waals surface area contributed by atoms with Crippen molar-refractivity contribution >= 4 is 17.9 Å². The molecule has 7 heteroatoms. The third kappa shape index (κ3) is 5.89. The molecule has 0 heterocycles. The topological polar surface area (TPSA) is 81.2 Å². The summed E-state index contributed by atoms with van der Waals surface area (Å²) < 4.78 is 0. The minimum Gasteiger partial charge on any atom is -0.480 e. The van der Waals surface area contributed by atoms with E-state index in [1.165, 1.54) is 15.9 Å². The zero-order chi connectivity index (χ0) is 15.0. The van der Waals surface area contributed by atoms with Crippen LogP contribution in [0.15, 0.2) is 12.7 Å². The van der Waals surface area contributed by atoms with Gasteiger partial charge in [-0.15, -0.1) is 6.58 Å². The minimum atomic E-state index is -1.11. The average molecular weight is 271 g/mol. The van der Waals surface area contributed by atoms with Crippen LogP contribution >= 0.6 is 0 Å². The van der Waals surface area contributed by atoms with E-state index >= 15 is 0 Å². The highest BCUT2D eigenvalue weighted by atomic mass is 16.4. The monoisotopic (exact) mass is 271 g/mol. The number of likely N-dealkylation sites (N-methyl/N-ethyl adjacent to an activating group) is 2. The van der Waals surface area contributed by atoms with Gasteiger partial charge in [-0.1, -0.05) is 6.08 Å². The highest BCUT2D eigenvalue weighted by Crippen LogP contribution is 2.01. The molecule has 0 aliphatic rings. The SMILES string of the molecule is C=CCN(CC(=O)O)C(=O)N(CC)CC(=O)N(C)C. The average Bonchev–Trinajstić information content (AvgIpc) is 2.33. The summed E-state index contributed by atoms with van der Waals surface area (Å²) in [6.07, 6.45) is 1.45. The van der Waals surface area contributed by atoms with Gasteiger partial charge in [0.25, 0.3) is 0 Å². The lowest BCUT2D eigenvalue weighted by Gasteiger charge is -2.28. The first-order chi connectivity index (χ1) is 8.83. The second kappa shape index (κ2) is 8.12. The summed E-state index contributed by atoms with van der Waals surface area (Å²) in [4.78, 5) is 38.2. The lowest BCUT2D eigenvalue weighted by atomic mass is 10.4. The van der Waals surface area contributed by atoms with Crippen LogP contribution < -0.4 is 0 Å². The fourth-order valence-electron chi connectivity index (χ4n) is 1.35. The van der Waals surface area contributed by atoms with Crippen molar-refractivity contribution in [2.75, 3.05) is 40.3 Å². The molecule has 0 spiro atoms. The van der Waals surface area contributed by atoms with Gasteiger partial charge in [0.2, 0.25) is 5.91 Å². The Hall–Kier alpha value is -2.05. The summed E-state index contributed by atoms with van der Waals surface area (Å²) in [5.41, 5.74) is 0. The van der Waals surface area contributed by atoms with Crippen LogP contribution in [0.1, 0.15) is 6.92 Å². The largest absolute Gasteiger partial charge is 0.480 e. The number of aliphatic carboxylic acids is 1. The molecule has 0 aromatic heterocycles. The van der Waals surface area contributed by atoms with E-state index in [9.17, 15) is 14.4 Å². The molecule has 0 rings (SSSR count). The lowest BCUT2D eigenvalue weighted by Crippen LogP contribution is -2.48. The van der Waals surface area contributed by atoms with E-state index in [2.05, 4.69) is 6.58 Å². The van der Waals surface area contributed by atoms with Crippen LogP contribution in [0, 0.1) is 0 Å². The maximum Gasteiger partial charge on any atom is 0.323 e. The van der Waals surface area contributed by atoms with Crippen LogP contribution in [0.2, 0.25) is 0 Å². The van der Waals surface area contributed by atoms with E-state index in [1.54, 1.807) is 21.0 Å². The fourth-order valence-corrected chi connectivity index (χ4v) is 1.35. The zero-order valence-corrected chi connectivity index (χ0v) is 11.6. The molecule has 0 atom stereocenters. The van der Waals surface area contributed by atoms with Gasteiger partial charge < -0.3 is 19.8 Å². The van der Waals surface area contributed by atoms with Crippen molar-refractivity contribution in [3.05, 3.63) is 12.7 Å². The van der Waals surface area contributed by atoms with Crippen molar-refractivity contribution in [3.63, 3.8) is 0 Å². The number of hydrogen-bond acceptors (Lipinski definition) is 3. The molecule has 1 N–H and O–H groups in total. The van der Waals surface area contributed by atoms with Crippen molar-refractivity contribution in [1.29, 1.82) is 0 Å². The minimum absolute atomic E-state index is 0.0738. The van der Waals surface area contributed by atoms with Gasteiger partial charge in [0.1, 0.15) is 13.1 Å². The molecule has 0 bridgehead atoms. The molecule has 0 aromatic rings. The second-order valence-corrected chi connectivity index (χ2v) is 4.15. The molecule has 0 aromatic carbocycles. The molecule has 0 saturated carbocycles. The molecule has 108 valence electrons. The summed E-state index contributed by atoms with van der Waals surface area (Å²) in [7, 11) is 3.19. The van der Waals surface area contributed by atoms with E-state index < -0.39 is 18.5 Å². The summed E-state index contributed by atoms with van der Waals surface area (Å²) in [5.74, 6) is -1.32. The van der Waals surface area contributed by atoms with Gasteiger partial charge in [-0.25, -0.2) is 4.79 Å². The smallest absolute Gasteiger partial charge is 0.323 e. The van der Waals surface area contributed by atoms with Crippen molar-refractivity contribution in [2.24, 2.45) is 0 Å². The summed E-state index contributed by atoms with van der Waals surface area (Å²) in [6.45, 7) is 5.17. The van der Waals surface area contributed by atoms with Crippen LogP contribution in [0.5, 0.6) is 0 Å². The quantitative estimate of drug-likeness (QED) is 0.665. The summed E-state index contributed by atoms with van der Waals surface area (Å²) in [6, 6.07) is -0.486. The normalized spacial score (nSPS) is 9.63. The Bertz CT molecular complexity index is 355. The van der Waals surface area contributed by atoms with Crippen molar-refractivity contribution < 1.29 is 19.5 Å². The maximum absolute atomic E-state index is 12.1. The Kier molecular flexibility index (Phi) is 7.25. The molecule has 3 amide bonds. The van der Waals surface area contributed by atoms with Gasteiger partial charge >= 0.3 is 12.0 Å². The first-order valence-corrected chi connectivity index (χ1v) is 5.90. The molecular formula is C12H21N3O4. The summed E-state index contributed by atoms with van der Waals surface area (Å²) >= 11 is 0. The predicted molar refractivity (Wildman–Crippen MR) is 70.7 cm³/mol. The van der Waals surface area contributed by atoms with E-state index in [1.807, 2.05) is 0 Å². The van der Waals surface area contributed by atoms with Crippen LogP contribution in [0.25, 0.3) is 0 Å². The van der Waals surface area contributed by atoms with Crippen molar-refractivity contribution in [2.45, 2.75) is 6.92 Å². The Morgan fingerprint density at radius 3 is 2.11 bits per heavy atom. The zero-order valence-electron chi connectivity index (χ0n) is 11.6. The van der Waals surface area contributed by atoms with Crippen LogP contribution in [0.4, 0.5) is 4.79 Å². The molecule has 0 unspecified atom stereocenters. The Morgan fingerprint density at radius 1 is 1.16 bits per heavy atom. The number of urea groups is 1. The number of carboxylic acids is 1. The fraction of sp³-hybridized carbons (Fsp3) is 0.583. The van der Waals surface area contributed by atoms with Crippen LogP contribution in [-0.4, -0.2) is 78.0 Å². The van der Waals surface area contributed by atoms with Gasteiger partial charge in [-0.05, 0) is 6.92 Å². The number of carboxylic acid groups (broad SMARTS) is 1. The lowest BCUT2D eigenvalue weighted by molar-refractivity contribution is -0.137. The first kappa shape index (κ1) is 16.9. The Labute approximate surface area is 113 Å². The number of carbonyl (C=O) groups excluding carboxylic acids is 2. The highest BCUT2D eigenvalue weighted by Gasteiger charge is 2.23. The van der Waals surface area contributed by atoms with Gasteiger partial charge in [0.15, 0.2) is 0 Å². The molecule has 19 heavy (non-hydrogen) atoms. The Balaban J connectivity index is 4.81. The van der Waals surface area contributed by atoms with E-state index in [0.717, 1.165) is 4.90 Å². The number of nitrogens with zero attached hydrogens (tertiary/aromatic N) is 3. The molecule has 7 nitrogen and oxygen atoms in total. The van der Waals surface area contributed by atoms with Gasteiger partial charge in [-0.3, -0.25) is 9.59 Å². The molecule has 0 aliphatic heterocycles. The van der Waals surface area contributed by atoms with E-state index in [4.69, 9.17) is 5.11 Å². The Morgan fingerprint density at radius 2 is 1.74 bits per heavy atom. The number of carbonyl (C=O) groups is 3. The molecule has 0 aliphatic carbocycles. The molecule has 0 radical (unpaired) electrons. The van der Waals surface area contributed by atoms with Crippen LogP contribution in [0.3, 0.4) is 0 Å². The second-order valence-electron chi connectivity index (χ2n) is 4.15. The maximum atomic E-state index is 12.1. The number of amides is 3. The number of rotatable bonds is 7. The highest BCUT2D eigenvalue weighted by molar-refractivity contribution is 5.85. The van der Waals surface area contributed by atoms with E-state index in [-0.39, 0.29) is 19.0 Å². The molecule has 0 fully saturated rings. The standard InChI is InChI=1S/C12H21N3O4/c1-5-7-15(9-11(17)18)12(19)14(6-2)8-10(16)13(3)4/h5H,1,6-9H2,2-4H3,(H,17,18). The van der Waals surface area contributed by atoms with E-state index in [0.29, 0.717) is 6.54 Å². The molecular weight excluding hydrogens is 250 g/mol. The van der Waals surface area contributed by atoms with Crippen molar-refractivity contribution in [1.82, 2.24) is 14.7 Å². The van der Waals surface area contributed by atoms with Crippen LogP contribution in [-0.2, 0) is 9.59 Å².